The summed E-state index contributed by atoms with van der Waals surface area (Å²) in [4.78, 5) is 0. The first-order chi connectivity index (χ1) is 5.72. The second-order valence-corrected chi connectivity index (χ2v) is 2.56. The standard InChI is InChI=1S/C10H9NO/c1-8-5-9(3-2-4-11)7-10(12)6-8/h2-3,5-7,12H,1H3. The third kappa shape index (κ3) is 2.14. The van der Waals surface area contributed by atoms with Crippen molar-refractivity contribution in [2.75, 3.05) is 0 Å². The van der Waals surface area contributed by atoms with Gasteiger partial charge in [0.15, 0.2) is 0 Å². The summed E-state index contributed by atoms with van der Waals surface area (Å²) in [5, 5.41) is 17.4. The van der Waals surface area contributed by atoms with Gasteiger partial charge in [-0.3, -0.25) is 0 Å². The van der Waals surface area contributed by atoms with Gasteiger partial charge < -0.3 is 5.11 Å². The Kier molecular flexibility index (Phi) is 2.49. The largest absolute Gasteiger partial charge is 0.508 e. The minimum atomic E-state index is 0.229. The number of aryl methyl sites for hydroxylation is 1. The number of phenolic OH excluding ortho intramolecular Hbond substituents is 1. The van der Waals surface area contributed by atoms with Gasteiger partial charge in [0.2, 0.25) is 0 Å². The molecular weight excluding hydrogens is 150 g/mol. The molecule has 0 aliphatic carbocycles. The molecule has 0 aromatic heterocycles. The van der Waals surface area contributed by atoms with E-state index in [0.29, 0.717) is 0 Å². The minimum absolute atomic E-state index is 0.229. The molecule has 12 heavy (non-hydrogen) atoms. The van der Waals surface area contributed by atoms with E-state index in [0.717, 1.165) is 11.1 Å². The van der Waals surface area contributed by atoms with Crippen LogP contribution in [0, 0.1) is 18.3 Å². The van der Waals surface area contributed by atoms with E-state index < -0.39 is 0 Å². The fourth-order valence-electron chi connectivity index (χ4n) is 1.02. The predicted molar refractivity (Wildman–Crippen MR) is 47.5 cm³/mol. The summed E-state index contributed by atoms with van der Waals surface area (Å²) in [6.45, 7) is 1.89. The molecule has 60 valence electrons. The third-order valence-corrected chi connectivity index (χ3v) is 1.43. The number of phenols is 1. The highest BCUT2D eigenvalue weighted by Crippen LogP contribution is 2.15. The highest BCUT2D eigenvalue weighted by molar-refractivity contribution is 5.55. The summed E-state index contributed by atoms with van der Waals surface area (Å²) >= 11 is 0. The summed E-state index contributed by atoms with van der Waals surface area (Å²) in [5.41, 5.74) is 1.82. The lowest BCUT2D eigenvalue weighted by Gasteiger charge is -1.97. The second kappa shape index (κ2) is 3.59. The lowest BCUT2D eigenvalue weighted by molar-refractivity contribution is 0.475. The van der Waals surface area contributed by atoms with E-state index >= 15 is 0 Å². The van der Waals surface area contributed by atoms with Crippen molar-refractivity contribution in [3.8, 4) is 11.8 Å². The Morgan fingerprint density at radius 3 is 2.75 bits per heavy atom. The zero-order chi connectivity index (χ0) is 8.97. The van der Waals surface area contributed by atoms with E-state index in [2.05, 4.69) is 0 Å². The highest BCUT2D eigenvalue weighted by atomic mass is 16.3. The van der Waals surface area contributed by atoms with Crippen molar-refractivity contribution in [2.24, 2.45) is 0 Å². The van der Waals surface area contributed by atoms with Gasteiger partial charge in [0.05, 0.1) is 6.07 Å². The molecule has 0 aliphatic heterocycles. The zero-order valence-corrected chi connectivity index (χ0v) is 6.78. The summed E-state index contributed by atoms with van der Waals surface area (Å²) in [7, 11) is 0. The molecule has 1 aromatic carbocycles. The van der Waals surface area contributed by atoms with Gasteiger partial charge in [-0.25, -0.2) is 0 Å². The number of hydrogen-bond acceptors (Lipinski definition) is 2. The topological polar surface area (TPSA) is 44.0 Å². The number of rotatable bonds is 1. The maximum absolute atomic E-state index is 9.18. The van der Waals surface area contributed by atoms with E-state index in [4.69, 9.17) is 5.26 Å². The SMILES string of the molecule is Cc1cc(O)cc(C=CC#N)c1. The van der Waals surface area contributed by atoms with Crippen LogP contribution >= 0.6 is 0 Å². The van der Waals surface area contributed by atoms with Crippen LogP contribution in [-0.4, -0.2) is 5.11 Å². The maximum atomic E-state index is 9.18. The van der Waals surface area contributed by atoms with Gasteiger partial charge in [0.1, 0.15) is 5.75 Å². The van der Waals surface area contributed by atoms with Gasteiger partial charge in [0, 0.05) is 6.08 Å². The molecule has 1 N–H and O–H groups in total. The molecule has 0 unspecified atom stereocenters. The molecule has 0 heterocycles. The van der Waals surface area contributed by atoms with Crippen LogP contribution in [0.2, 0.25) is 0 Å². The Labute approximate surface area is 71.4 Å². The Hall–Kier alpha value is -1.75. The van der Waals surface area contributed by atoms with Gasteiger partial charge >= 0.3 is 0 Å². The Morgan fingerprint density at radius 1 is 1.42 bits per heavy atom. The molecule has 0 saturated carbocycles. The summed E-state index contributed by atoms with van der Waals surface area (Å²) in [6, 6.07) is 7.07. The molecule has 0 fully saturated rings. The van der Waals surface area contributed by atoms with E-state index in [-0.39, 0.29) is 5.75 Å². The van der Waals surface area contributed by atoms with E-state index in [9.17, 15) is 5.11 Å². The molecule has 0 saturated heterocycles. The van der Waals surface area contributed by atoms with Gasteiger partial charge in [-0.2, -0.15) is 5.26 Å². The van der Waals surface area contributed by atoms with Crippen molar-refractivity contribution in [1.29, 1.82) is 5.26 Å². The Bertz CT molecular complexity index is 327. The van der Waals surface area contributed by atoms with Crippen molar-refractivity contribution in [1.82, 2.24) is 0 Å². The second-order valence-electron chi connectivity index (χ2n) is 2.56. The summed E-state index contributed by atoms with van der Waals surface area (Å²) < 4.78 is 0. The quantitative estimate of drug-likeness (QED) is 0.638. The van der Waals surface area contributed by atoms with Crippen molar-refractivity contribution in [2.45, 2.75) is 6.92 Å². The average molecular weight is 159 g/mol. The maximum Gasteiger partial charge on any atom is 0.116 e. The van der Waals surface area contributed by atoms with Gasteiger partial charge in [-0.15, -0.1) is 0 Å². The van der Waals surface area contributed by atoms with Crippen molar-refractivity contribution in [3.05, 3.63) is 35.4 Å². The van der Waals surface area contributed by atoms with E-state index in [1.165, 1.54) is 6.08 Å². The van der Waals surface area contributed by atoms with Gasteiger partial charge in [0.25, 0.3) is 0 Å². The van der Waals surface area contributed by atoms with Crippen molar-refractivity contribution in [3.63, 3.8) is 0 Å². The summed E-state index contributed by atoms with van der Waals surface area (Å²) in [6.07, 6.45) is 3.04. The van der Waals surface area contributed by atoms with Crippen molar-refractivity contribution >= 4 is 6.08 Å². The Balaban J connectivity index is 3.03. The number of hydrogen-bond donors (Lipinski definition) is 1. The van der Waals surface area contributed by atoms with Gasteiger partial charge in [-0.1, -0.05) is 6.07 Å². The number of aromatic hydroxyl groups is 1. The van der Waals surface area contributed by atoms with Crippen LogP contribution < -0.4 is 0 Å². The molecule has 2 nitrogen and oxygen atoms in total. The van der Waals surface area contributed by atoms with E-state index in [1.807, 2.05) is 19.1 Å². The fraction of sp³-hybridized carbons (Fsp3) is 0.100. The predicted octanol–water partition coefficient (Wildman–Crippen LogP) is 2.24. The lowest BCUT2D eigenvalue weighted by atomic mass is 10.1. The highest BCUT2D eigenvalue weighted by Gasteiger charge is 1.92. The molecule has 1 rings (SSSR count). The van der Waals surface area contributed by atoms with Crippen molar-refractivity contribution < 1.29 is 5.11 Å². The molecule has 0 bridgehead atoms. The van der Waals surface area contributed by atoms with Crippen LogP contribution in [0.25, 0.3) is 6.08 Å². The monoisotopic (exact) mass is 159 g/mol. The summed E-state index contributed by atoms with van der Waals surface area (Å²) in [5.74, 6) is 0.229. The average Bonchev–Trinajstić information content (AvgIpc) is 1.99. The molecule has 0 spiro atoms. The van der Waals surface area contributed by atoms with Crippen LogP contribution in [0.4, 0.5) is 0 Å². The van der Waals surface area contributed by atoms with Gasteiger partial charge in [-0.05, 0) is 36.3 Å². The molecule has 2 heteroatoms. The minimum Gasteiger partial charge on any atom is -0.508 e. The molecular formula is C10H9NO. The number of nitriles is 1. The number of allylic oxidation sites excluding steroid dienone is 1. The first-order valence-electron chi connectivity index (χ1n) is 3.59. The molecule has 0 amide bonds. The normalized spacial score (nSPS) is 10.0. The van der Waals surface area contributed by atoms with Crippen LogP contribution in [0.5, 0.6) is 5.75 Å². The van der Waals surface area contributed by atoms with Crippen LogP contribution in [-0.2, 0) is 0 Å². The lowest BCUT2D eigenvalue weighted by Crippen LogP contribution is -1.75. The molecule has 1 aromatic rings. The first kappa shape index (κ1) is 8.35. The smallest absolute Gasteiger partial charge is 0.116 e. The van der Waals surface area contributed by atoms with Crippen LogP contribution in [0.1, 0.15) is 11.1 Å². The van der Waals surface area contributed by atoms with Crippen LogP contribution in [0.3, 0.4) is 0 Å². The number of nitrogens with zero attached hydrogens (tertiary/aromatic N) is 1. The molecule has 0 aliphatic rings. The molecule has 0 atom stereocenters. The zero-order valence-electron chi connectivity index (χ0n) is 6.78. The molecule has 0 radical (unpaired) electrons. The number of benzene rings is 1. The van der Waals surface area contributed by atoms with Crippen LogP contribution in [0.15, 0.2) is 24.3 Å². The third-order valence-electron chi connectivity index (χ3n) is 1.43. The Morgan fingerprint density at radius 2 is 2.17 bits per heavy atom. The van der Waals surface area contributed by atoms with E-state index in [1.54, 1.807) is 18.2 Å². The fourth-order valence-corrected chi connectivity index (χ4v) is 1.02. The first-order valence-corrected chi connectivity index (χ1v) is 3.59.